The zero-order valence-corrected chi connectivity index (χ0v) is 14.6. The molecule has 1 aliphatic rings. The summed E-state index contributed by atoms with van der Waals surface area (Å²) in [6.45, 7) is 7.07. The van der Waals surface area contributed by atoms with Crippen LogP contribution in [0, 0.1) is 11.2 Å². The lowest BCUT2D eigenvalue weighted by atomic mass is 9.77. The van der Waals surface area contributed by atoms with Crippen molar-refractivity contribution in [2.24, 2.45) is 5.41 Å². The Morgan fingerprint density at radius 1 is 1.42 bits per heavy atom. The fourth-order valence-corrected chi connectivity index (χ4v) is 2.94. The number of hydrogen-bond acceptors (Lipinski definition) is 3. The fourth-order valence-electron chi connectivity index (χ4n) is 2.94. The van der Waals surface area contributed by atoms with Gasteiger partial charge in [-0.05, 0) is 50.7 Å². The van der Waals surface area contributed by atoms with Gasteiger partial charge in [0, 0.05) is 25.8 Å². The number of piperidine rings is 1. The number of urea groups is 1. The number of aliphatic hydroxyl groups is 1. The number of nitrogens with one attached hydrogen (secondary N) is 1. The van der Waals surface area contributed by atoms with Crippen molar-refractivity contribution in [3.63, 3.8) is 0 Å². The van der Waals surface area contributed by atoms with Crippen molar-refractivity contribution in [3.8, 4) is 5.75 Å². The van der Waals surface area contributed by atoms with E-state index in [1.807, 2.05) is 13.8 Å². The molecule has 0 radical (unpaired) electrons. The summed E-state index contributed by atoms with van der Waals surface area (Å²) >= 11 is 0. The monoisotopic (exact) mass is 338 g/mol. The minimum Gasteiger partial charge on any atom is -0.491 e. The van der Waals surface area contributed by atoms with E-state index >= 15 is 0 Å². The smallest absolute Gasteiger partial charge is 0.321 e. The van der Waals surface area contributed by atoms with E-state index in [9.17, 15) is 14.3 Å². The minimum atomic E-state index is -0.517. The highest BCUT2D eigenvalue weighted by atomic mass is 19.1. The number of likely N-dealkylation sites (tertiary alicyclic amines) is 1. The molecule has 1 aliphatic heterocycles. The maximum atomic E-state index is 14.1. The molecule has 6 heteroatoms. The molecule has 0 saturated carbocycles. The van der Waals surface area contributed by atoms with Crippen LogP contribution in [-0.2, 0) is 0 Å². The molecule has 0 aromatic heterocycles. The number of halogens is 1. The van der Waals surface area contributed by atoms with Crippen molar-refractivity contribution in [2.45, 2.75) is 46.1 Å². The fraction of sp³-hybridized carbons (Fsp3) is 0.611. The van der Waals surface area contributed by atoms with Gasteiger partial charge in [-0.3, -0.25) is 0 Å². The van der Waals surface area contributed by atoms with Gasteiger partial charge in [-0.2, -0.15) is 0 Å². The summed E-state index contributed by atoms with van der Waals surface area (Å²) in [7, 11) is 0. The standard InChI is InChI=1S/C18H27FN2O3/c1-4-18(12-22)7-9-21(10-8-18)17(23)20-16-6-5-14(11-15(16)19)24-13(2)3/h5-6,11,13,22H,4,7-10,12H2,1-3H3,(H,20,23). The molecule has 134 valence electrons. The second-order valence-electron chi connectivity index (χ2n) is 6.74. The van der Waals surface area contributed by atoms with Crippen molar-refractivity contribution in [1.29, 1.82) is 0 Å². The topological polar surface area (TPSA) is 61.8 Å². The zero-order chi connectivity index (χ0) is 17.7. The maximum Gasteiger partial charge on any atom is 0.321 e. The zero-order valence-electron chi connectivity index (χ0n) is 14.6. The van der Waals surface area contributed by atoms with E-state index < -0.39 is 5.82 Å². The Morgan fingerprint density at radius 3 is 2.58 bits per heavy atom. The van der Waals surface area contributed by atoms with E-state index in [2.05, 4.69) is 12.2 Å². The molecule has 0 bridgehead atoms. The Hall–Kier alpha value is -1.82. The SMILES string of the molecule is CCC1(CO)CCN(C(=O)Nc2ccc(OC(C)C)cc2F)CC1. The van der Waals surface area contributed by atoms with Crippen LogP contribution in [0.2, 0.25) is 0 Å². The second kappa shape index (κ2) is 7.83. The third-order valence-corrected chi connectivity index (χ3v) is 4.75. The van der Waals surface area contributed by atoms with Crippen molar-refractivity contribution in [1.82, 2.24) is 4.90 Å². The lowest BCUT2D eigenvalue weighted by Crippen LogP contribution is -2.46. The van der Waals surface area contributed by atoms with Gasteiger partial charge in [-0.15, -0.1) is 0 Å². The van der Waals surface area contributed by atoms with Crippen LogP contribution in [0.3, 0.4) is 0 Å². The first-order valence-corrected chi connectivity index (χ1v) is 8.52. The summed E-state index contributed by atoms with van der Waals surface area (Å²) in [6.07, 6.45) is 2.38. The Morgan fingerprint density at radius 2 is 2.08 bits per heavy atom. The first-order valence-electron chi connectivity index (χ1n) is 8.52. The van der Waals surface area contributed by atoms with Gasteiger partial charge in [-0.25, -0.2) is 9.18 Å². The highest BCUT2D eigenvalue weighted by molar-refractivity contribution is 5.89. The van der Waals surface area contributed by atoms with E-state index in [0.29, 0.717) is 18.8 Å². The predicted octanol–water partition coefficient (Wildman–Crippen LogP) is 3.63. The average molecular weight is 338 g/mol. The summed E-state index contributed by atoms with van der Waals surface area (Å²) in [4.78, 5) is 14.0. The average Bonchev–Trinajstić information content (AvgIpc) is 2.57. The van der Waals surface area contributed by atoms with Crippen molar-refractivity contribution in [2.75, 3.05) is 25.0 Å². The number of aliphatic hydroxyl groups excluding tert-OH is 1. The lowest BCUT2D eigenvalue weighted by molar-refractivity contribution is 0.0542. The van der Waals surface area contributed by atoms with E-state index in [4.69, 9.17) is 4.74 Å². The number of anilines is 1. The van der Waals surface area contributed by atoms with E-state index in [1.165, 1.54) is 12.1 Å². The van der Waals surface area contributed by atoms with Crippen molar-refractivity contribution in [3.05, 3.63) is 24.0 Å². The summed E-state index contributed by atoms with van der Waals surface area (Å²) in [5.41, 5.74) is 0.0586. The van der Waals surface area contributed by atoms with Gasteiger partial charge in [0.05, 0.1) is 11.8 Å². The van der Waals surface area contributed by atoms with Crippen LogP contribution in [0.4, 0.5) is 14.9 Å². The van der Waals surface area contributed by atoms with Crippen LogP contribution in [0.5, 0.6) is 5.75 Å². The van der Waals surface area contributed by atoms with E-state index in [-0.39, 0.29) is 29.8 Å². The molecule has 24 heavy (non-hydrogen) atoms. The van der Waals surface area contributed by atoms with Gasteiger partial charge in [0.25, 0.3) is 0 Å². The normalized spacial score (nSPS) is 17.0. The molecule has 1 heterocycles. The summed E-state index contributed by atoms with van der Waals surface area (Å²) < 4.78 is 19.5. The van der Waals surface area contributed by atoms with Gasteiger partial charge in [0.1, 0.15) is 11.6 Å². The van der Waals surface area contributed by atoms with Gasteiger partial charge in [0.2, 0.25) is 0 Å². The first kappa shape index (κ1) is 18.5. The van der Waals surface area contributed by atoms with Gasteiger partial charge < -0.3 is 20.1 Å². The summed E-state index contributed by atoms with van der Waals surface area (Å²) in [6, 6.07) is 4.12. The molecule has 1 fully saturated rings. The van der Waals surface area contributed by atoms with Crippen LogP contribution in [0.15, 0.2) is 18.2 Å². The van der Waals surface area contributed by atoms with Gasteiger partial charge in [0.15, 0.2) is 0 Å². The number of rotatable bonds is 5. The number of hydrogen-bond donors (Lipinski definition) is 2. The molecule has 0 spiro atoms. The molecular weight excluding hydrogens is 311 g/mol. The number of carbonyl (C=O) groups is 1. The van der Waals surface area contributed by atoms with Gasteiger partial charge >= 0.3 is 6.03 Å². The van der Waals surface area contributed by atoms with Crippen molar-refractivity contribution >= 4 is 11.7 Å². The maximum absolute atomic E-state index is 14.1. The molecule has 0 unspecified atom stereocenters. The third kappa shape index (κ3) is 4.38. The van der Waals surface area contributed by atoms with Crippen LogP contribution in [0.1, 0.15) is 40.0 Å². The second-order valence-corrected chi connectivity index (χ2v) is 6.74. The molecule has 1 saturated heterocycles. The number of amides is 2. The Balaban J connectivity index is 1.96. The van der Waals surface area contributed by atoms with Crippen LogP contribution < -0.4 is 10.1 Å². The highest BCUT2D eigenvalue weighted by Gasteiger charge is 2.34. The molecule has 2 N–H and O–H groups in total. The summed E-state index contributed by atoms with van der Waals surface area (Å²) in [5, 5.41) is 12.2. The number of nitrogens with zero attached hydrogens (tertiary/aromatic N) is 1. The van der Waals surface area contributed by atoms with E-state index in [1.54, 1.807) is 11.0 Å². The quantitative estimate of drug-likeness (QED) is 0.862. The van der Waals surface area contributed by atoms with E-state index in [0.717, 1.165) is 19.3 Å². The molecule has 0 atom stereocenters. The molecule has 2 rings (SSSR count). The molecular formula is C18H27FN2O3. The van der Waals surface area contributed by atoms with Crippen LogP contribution in [0.25, 0.3) is 0 Å². The minimum absolute atomic E-state index is 0.0384. The number of benzene rings is 1. The molecule has 5 nitrogen and oxygen atoms in total. The molecule has 1 aromatic rings. The Kier molecular flexibility index (Phi) is 6.04. The highest BCUT2D eigenvalue weighted by Crippen LogP contribution is 2.34. The van der Waals surface area contributed by atoms with Crippen LogP contribution in [-0.4, -0.2) is 41.8 Å². The molecule has 1 aromatic carbocycles. The third-order valence-electron chi connectivity index (χ3n) is 4.75. The van der Waals surface area contributed by atoms with Crippen molar-refractivity contribution < 1.29 is 19.0 Å². The lowest BCUT2D eigenvalue weighted by Gasteiger charge is -2.40. The summed E-state index contributed by atoms with van der Waals surface area (Å²) in [5.74, 6) is -0.0779. The Labute approximate surface area is 142 Å². The Bertz CT molecular complexity index is 563. The molecule has 0 aliphatic carbocycles. The molecule has 2 amide bonds. The van der Waals surface area contributed by atoms with Crippen LogP contribution >= 0.6 is 0 Å². The first-order chi connectivity index (χ1) is 11.4. The predicted molar refractivity (Wildman–Crippen MR) is 91.8 cm³/mol. The number of ether oxygens (including phenoxy) is 1. The number of carbonyl (C=O) groups excluding carboxylic acids is 1. The van der Waals surface area contributed by atoms with Gasteiger partial charge in [-0.1, -0.05) is 6.92 Å². The largest absolute Gasteiger partial charge is 0.491 e.